The van der Waals surface area contributed by atoms with Crippen molar-refractivity contribution in [3.8, 4) is 0 Å². The molecule has 1 atom stereocenters. The van der Waals surface area contributed by atoms with Crippen molar-refractivity contribution in [1.29, 1.82) is 0 Å². The van der Waals surface area contributed by atoms with E-state index in [9.17, 15) is 9.59 Å². The third-order valence-corrected chi connectivity index (χ3v) is 1.75. The fourth-order valence-electron chi connectivity index (χ4n) is 1.10. The Bertz CT molecular complexity index is 350. The van der Waals surface area contributed by atoms with E-state index >= 15 is 0 Å². The molecule has 15 heavy (non-hydrogen) atoms. The van der Waals surface area contributed by atoms with Gasteiger partial charge in [-0.05, 0) is 0 Å². The summed E-state index contributed by atoms with van der Waals surface area (Å²) in [5.74, 6) is -0.667. The van der Waals surface area contributed by atoms with E-state index in [0.29, 0.717) is 5.56 Å². The van der Waals surface area contributed by atoms with Gasteiger partial charge < -0.3 is 15.2 Å². The molecular weight excluding hydrogens is 198 g/mol. The highest BCUT2D eigenvalue weighted by atomic mass is 16.6. The van der Waals surface area contributed by atoms with Gasteiger partial charge in [0.25, 0.3) is 0 Å². The molecule has 0 aliphatic rings. The first-order valence-electron chi connectivity index (χ1n) is 4.24. The van der Waals surface area contributed by atoms with Gasteiger partial charge in [0.1, 0.15) is 0 Å². The van der Waals surface area contributed by atoms with Crippen LogP contribution in [0, 0.1) is 0 Å². The van der Waals surface area contributed by atoms with E-state index < -0.39 is 18.2 Å². The van der Waals surface area contributed by atoms with Gasteiger partial charge in [-0.15, -0.1) is 0 Å². The summed E-state index contributed by atoms with van der Waals surface area (Å²) in [4.78, 5) is 21.9. The molecule has 0 saturated carbocycles. The zero-order valence-electron chi connectivity index (χ0n) is 8.17. The summed E-state index contributed by atoms with van der Waals surface area (Å²) in [5.41, 5.74) is 5.37. The molecular formula is C10H11NO4. The smallest absolute Gasteiger partial charge is 0.405 e. The maximum absolute atomic E-state index is 11.3. The number of rotatable bonds is 3. The Labute approximate surface area is 86.8 Å². The Morgan fingerprint density at radius 2 is 1.87 bits per heavy atom. The molecule has 0 fully saturated rings. The van der Waals surface area contributed by atoms with Gasteiger partial charge in [0, 0.05) is 5.56 Å². The first-order valence-corrected chi connectivity index (χ1v) is 4.24. The van der Waals surface area contributed by atoms with E-state index in [2.05, 4.69) is 9.47 Å². The van der Waals surface area contributed by atoms with Crippen molar-refractivity contribution in [2.45, 2.75) is 6.10 Å². The highest BCUT2D eigenvalue weighted by Crippen LogP contribution is 2.18. The first-order chi connectivity index (χ1) is 7.15. The molecule has 0 spiro atoms. The number of benzene rings is 1. The molecule has 0 heterocycles. The number of amides is 1. The number of hydrogen-bond acceptors (Lipinski definition) is 4. The average Bonchev–Trinajstić information content (AvgIpc) is 2.26. The second-order valence-electron chi connectivity index (χ2n) is 2.75. The van der Waals surface area contributed by atoms with Crippen LogP contribution in [0.25, 0.3) is 0 Å². The summed E-state index contributed by atoms with van der Waals surface area (Å²) < 4.78 is 9.15. The van der Waals surface area contributed by atoms with Crippen LogP contribution in [0.3, 0.4) is 0 Å². The molecule has 5 nitrogen and oxygen atoms in total. The summed E-state index contributed by atoms with van der Waals surface area (Å²) >= 11 is 0. The molecule has 0 unspecified atom stereocenters. The lowest BCUT2D eigenvalue weighted by atomic mass is 10.1. The minimum Gasteiger partial charge on any atom is -0.466 e. The summed E-state index contributed by atoms with van der Waals surface area (Å²) in [6, 6.07) is 8.50. The van der Waals surface area contributed by atoms with Gasteiger partial charge in [-0.2, -0.15) is 0 Å². The monoisotopic (exact) mass is 209 g/mol. The number of carbonyl (C=O) groups is 2. The number of esters is 1. The molecule has 0 aliphatic heterocycles. The minimum atomic E-state index is -1.10. The maximum Gasteiger partial charge on any atom is 0.405 e. The third-order valence-electron chi connectivity index (χ3n) is 1.75. The Hall–Kier alpha value is -2.04. The normalized spacial score (nSPS) is 11.5. The van der Waals surface area contributed by atoms with Crippen molar-refractivity contribution < 1.29 is 19.1 Å². The summed E-state index contributed by atoms with van der Waals surface area (Å²) in [6.45, 7) is 0. The van der Waals surface area contributed by atoms with Crippen molar-refractivity contribution in [1.82, 2.24) is 0 Å². The molecule has 1 rings (SSSR count). The fraction of sp³-hybridized carbons (Fsp3) is 0.200. The van der Waals surface area contributed by atoms with Gasteiger partial charge in [0.05, 0.1) is 7.11 Å². The molecule has 0 aliphatic carbocycles. The topological polar surface area (TPSA) is 78.6 Å². The predicted molar refractivity (Wildman–Crippen MR) is 51.9 cm³/mol. The second kappa shape index (κ2) is 4.99. The number of ether oxygens (including phenoxy) is 2. The van der Waals surface area contributed by atoms with E-state index in [1.807, 2.05) is 0 Å². The average molecular weight is 209 g/mol. The van der Waals surface area contributed by atoms with Gasteiger partial charge in [0.2, 0.25) is 6.10 Å². The number of hydrogen-bond donors (Lipinski definition) is 1. The highest BCUT2D eigenvalue weighted by Gasteiger charge is 2.24. The second-order valence-corrected chi connectivity index (χ2v) is 2.75. The molecule has 80 valence electrons. The van der Waals surface area contributed by atoms with E-state index in [0.717, 1.165) is 0 Å². The number of primary amides is 1. The molecule has 2 N–H and O–H groups in total. The van der Waals surface area contributed by atoms with Gasteiger partial charge in [-0.3, -0.25) is 0 Å². The van der Waals surface area contributed by atoms with Crippen LogP contribution < -0.4 is 5.73 Å². The molecule has 0 aromatic heterocycles. The zero-order valence-corrected chi connectivity index (χ0v) is 8.17. The Kier molecular flexibility index (Phi) is 3.68. The first kappa shape index (κ1) is 11.0. The van der Waals surface area contributed by atoms with Crippen LogP contribution in [0.15, 0.2) is 30.3 Å². The lowest BCUT2D eigenvalue weighted by molar-refractivity contribution is -0.150. The van der Waals surface area contributed by atoms with E-state index in [4.69, 9.17) is 5.73 Å². The molecule has 1 aromatic carbocycles. The number of nitrogens with two attached hydrogens (primary N) is 1. The van der Waals surface area contributed by atoms with Crippen LogP contribution in [-0.2, 0) is 14.3 Å². The summed E-state index contributed by atoms with van der Waals surface area (Å²) in [7, 11) is 1.21. The maximum atomic E-state index is 11.3. The molecule has 0 bridgehead atoms. The molecule has 0 saturated heterocycles. The van der Waals surface area contributed by atoms with Gasteiger partial charge >= 0.3 is 12.1 Å². The van der Waals surface area contributed by atoms with Crippen LogP contribution in [0.1, 0.15) is 11.7 Å². The molecule has 1 amide bonds. The zero-order chi connectivity index (χ0) is 11.3. The molecule has 5 heteroatoms. The van der Waals surface area contributed by atoms with Crippen LogP contribution in [0.4, 0.5) is 4.79 Å². The lowest BCUT2D eigenvalue weighted by Gasteiger charge is -2.13. The Balaban J connectivity index is 2.91. The van der Waals surface area contributed by atoms with Crippen molar-refractivity contribution in [2.75, 3.05) is 7.11 Å². The molecule has 1 aromatic rings. The van der Waals surface area contributed by atoms with Crippen molar-refractivity contribution in [2.24, 2.45) is 5.73 Å². The van der Waals surface area contributed by atoms with Gasteiger partial charge in [-0.25, -0.2) is 9.59 Å². The summed E-state index contributed by atoms with van der Waals surface area (Å²) in [6.07, 6.45) is -2.12. The van der Waals surface area contributed by atoms with Gasteiger partial charge in [-0.1, -0.05) is 30.3 Å². The number of carbonyl (C=O) groups excluding carboxylic acids is 2. The predicted octanol–water partition coefficient (Wildman–Crippen LogP) is 0.996. The standard InChI is InChI=1S/C10H11NO4/c1-14-9(12)8(15-10(11)13)7-5-3-2-4-6-7/h2-6,8H,1H3,(H2,11,13)/t8-/m1/s1. The fourth-order valence-corrected chi connectivity index (χ4v) is 1.10. The van der Waals surface area contributed by atoms with E-state index in [-0.39, 0.29) is 0 Å². The van der Waals surface area contributed by atoms with Crippen LogP contribution >= 0.6 is 0 Å². The van der Waals surface area contributed by atoms with Crippen molar-refractivity contribution >= 4 is 12.1 Å². The van der Waals surface area contributed by atoms with E-state index in [1.165, 1.54) is 7.11 Å². The third kappa shape index (κ3) is 2.98. The highest BCUT2D eigenvalue weighted by molar-refractivity contribution is 5.79. The van der Waals surface area contributed by atoms with Crippen molar-refractivity contribution in [3.63, 3.8) is 0 Å². The van der Waals surface area contributed by atoms with Crippen LogP contribution in [0.5, 0.6) is 0 Å². The minimum absolute atomic E-state index is 0.517. The lowest BCUT2D eigenvalue weighted by Crippen LogP contribution is -2.24. The van der Waals surface area contributed by atoms with E-state index in [1.54, 1.807) is 30.3 Å². The largest absolute Gasteiger partial charge is 0.466 e. The van der Waals surface area contributed by atoms with Crippen molar-refractivity contribution in [3.05, 3.63) is 35.9 Å². The SMILES string of the molecule is COC(=O)[C@H](OC(N)=O)c1ccccc1. The Morgan fingerprint density at radius 3 is 2.33 bits per heavy atom. The summed E-state index contributed by atoms with van der Waals surface area (Å²) in [5, 5.41) is 0. The van der Waals surface area contributed by atoms with Crippen LogP contribution in [0.2, 0.25) is 0 Å². The number of methoxy groups -OCH3 is 1. The molecule has 0 radical (unpaired) electrons. The van der Waals surface area contributed by atoms with Gasteiger partial charge in [0.15, 0.2) is 0 Å². The quantitative estimate of drug-likeness (QED) is 0.753. The van der Waals surface area contributed by atoms with Crippen LogP contribution in [-0.4, -0.2) is 19.2 Å². The Morgan fingerprint density at radius 1 is 1.27 bits per heavy atom.